The highest BCUT2D eigenvalue weighted by molar-refractivity contribution is 5.80. The van der Waals surface area contributed by atoms with Crippen LogP contribution in [0.1, 0.15) is 24.8 Å². The average Bonchev–Trinajstić information content (AvgIpc) is 2.82. The van der Waals surface area contributed by atoms with Gasteiger partial charge in [-0.25, -0.2) is 0 Å². The number of halogens is 3. The molecule has 0 heterocycles. The molecular formula is C13H15F3N2O2. The molecule has 1 aliphatic carbocycles. The van der Waals surface area contributed by atoms with Gasteiger partial charge in [0.1, 0.15) is 0 Å². The molecule has 4 nitrogen and oxygen atoms in total. The van der Waals surface area contributed by atoms with Crippen molar-refractivity contribution in [2.45, 2.75) is 31.5 Å². The predicted octanol–water partition coefficient (Wildman–Crippen LogP) is 2.31. The molecule has 0 spiro atoms. The molecule has 2 atom stereocenters. The maximum atomic E-state index is 12.5. The third-order valence-corrected chi connectivity index (χ3v) is 3.34. The smallest absolute Gasteiger partial charge is 0.392 e. The Balaban J connectivity index is 1.95. The van der Waals surface area contributed by atoms with Gasteiger partial charge in [-0.15, -0.1) is 0 Å². The molecule has 3 N–H and O–H groups in total. The fraction of sp³-hybridized carbons (Fsp3) is 0.462. The summed E-state index contributed by atoms with van der Waals surface area (Å²) in [4.78, 5) is 11.8. The lowest BCUT2D eigenvalue weighted by Gasteiger charge is -2.16. The van der Waals surface area contributed by atoms with Crippen LogP contribution in [0.2, 0.25) is 0 Å². The van der Waals surface area contributed by atoms with Crippen LogP contribution in [0.3, 0.4) is 0 Å². The van der Waals surface area contributed by atoms with Crippen molar-refractivity contribution in [3.63, 3.8) is 0 Å². The number of hydrazine groups is 1. The lowest BCUT2D eigenvalue weighted by Crippen LogP contribution is -2.38. The van der Waals surface area contributed by atoms with E-state index in [1.54, 1.807) is 0 Å². The van der Waals surface area contributed by atoms with E-state index in [-0.39, 0.29) is 5.69 Å². The first-order chi connectivity index (χ1) is 9.38. The maximum absolute atomic E-state index is 12.5. The number of hydrogen-bond donors (Lipinski definition) is 3. The van der Waals surface area contributed by atoms with Gasteiger partial charge in [0.2, 0.25) is 5.91 Å². The zero-order valence-corrected chi connectivity index (χ0v) is 10.6. The van der Waals surface area contributed by atoms with Crippen molar-refractivity contribution in [1.82, 2.24) is 5.43 Å². The van der Waals surface area contributed by atoms with Gasteiger partial charge in [-0.05, 0) is 37.5 Å². The van der Waals surface area contributed by atoms with Gasteiger partial charge >= 0.3 is 6.18 Å². The van der Waals surface area contributed by atoms with E-state index in [4.69, 9.17) is 0 Å². The molecule has 110 valence electrons. The largest absolute Gasteiger partial charge is 0.416 e. The van der Waals surface area contributed by atoms with Gasteiger partial charge in [-0.1, -0.05) is 6.07 Å². The lowest BCUT2D eigenvalue weighted by atomic mass is 10.1. The second-order valence-electron chi connectivity index (χ2n) is 4.80. The molecule has 2 rings (SSSR count). The Labute approximate surface area is 114 Å². The van der Waals surface area contributed by atoms with Crippen LogP contribution in [0.5, 0.6) is 0 Å². The first-order valence-corrected chi connectivity index (χ1v) is 6.29. The molecule has 1 aromatic carbocycles. The molecule has 1 aliphatic rings. The van der Waals surface area contributed by atoms with E-state index in [1.165, 1.54) is 12.1 Å². The number of aliphatic hydroxyl groups excluding tert-OH is 1. The number of benzene rings is 1. The van der Waals surface area contributed by atoms with Gasteiger partial charge in [0.15, 0.2) is 0 Å². The maximum Gasteiger partial charge on any atom is 0.416 e. The van der Waals surface area contributed by atoms with Crippen molar-refractivity contribution >= 4 is 11.6 Å². The summed E-state index contributed by atoms with van der Waals surface area (Å²) in [5.41, 5.74) is 4.12. The van der Waals surface area contributed by atoms with Crippen molar-refractivity contribution in [3.05, 3.63) is 29.8 Å². The Morgan fingerprint density at radius 1 is 1.30 bits per heavy atom. The average molecular weight is 288 g/mol. The summed E-state index contributed by atoms with van der Waals surface area (Å²) >= 11 is 0. The highest BCUT2D eigenvalue weighted by Gasteiger charge is 2.32. The van der Waals surface area contributed by atoms with E-state index in [1.807, 2.05) is 0 Å². The van der Waals surface area contributed by atoms with Crippen LogP contribution in [-0.4, -0.2) is 17.1 Å². The van der Waals surface area contributed by atoms with Crippen LogP contribution >= 0.6 is 0 Å². The van der Waals surface area contributed by atoms with Gasteiger partial charge in [0, 0.05) is 0 Å². The minimum absolute atomic E-state index is 0.140. The molecule has 0 radical (unpaired) electrons. The summed E-state index contributed by atoms with van der Waals surface area (Å²) in [5.74, 6) is -0.916. The first-order valence-electron chi connectivity index (χ1n) is 6.29. The van der Waals surface area contributed by atoms with Crippen LogP contribution in [0.15, 0.2) is 24.3 Å². The number of carbonyl (C=O) groups excluding carboxylic acids is 1. The van der Waals surface area contributed by atoms with E-state index in [2.05, 4.69) is 10.9 Å². The van der Waals surface area contributed by atoms with Crippen LogP contribution in [0.25, 0.3) is 0 Å². The van der Waals surface area contributed by atoms with E-state index in [9.17, 15) is 23.1 Å². The molecule has 20 heavy (non-hydrogen) atoms. The van der Waals surface area contributed by atoms with Crippen molar-refractivity contribution in [1.29, 1.82) is 0 Å². The third-order valence-electron chi connectivity index (χ3n) is 3.34. The SMILES string of the molecule is O=C(NNc1cccc(C(F)(F)F)c1)C1CCCC1O. The molecule has 0 aromatic heterocycles. The number of nitrogens with one attached hydrogen (secondary N) is 2. The molecule has 1 saturated carbocycles. The molecule has 1 aromatic rings. The fourth-order valence-corrected chi connectivity index (χ4v) is 2.25. The number of hydrogen-bond acceptors (Lipinski definition) is 3. The Morgan fingerprint density at radius 3 is 2.65 bits per heavy atom. The summed E-state index contributed by atoms with van der Waals surface area (Å²) in [6.45, 7) is 0. The second kappa shape index (κ2) is 5.70. The Bertz CT molecular complexity index is 491. The number of amides is 1. The van der Waals surface area contributed by atoms with Crippen LogP contribution in [0.4, 0.5) is 18.9 Å². The molecule has 0 aliphatic heterocycles. The highest BCUT2D eigenvalue weighted by atomic mass is 19.4. The van der Waals surface area contributed by atoms with Crippen LogP contribution in [-0.2, 0) is 11.0 Å². The molecule has 0 saturated heterocycles. The highest BCUT2D eigenvalue weighted by Crippen LogP contribution is 2.30. The Hall–Kier alpha value is -1.76. The minimum atomic E-state index is -4.43. The summed E-state index contributed by atoms with van der Waals surface area (Å²) in [7, 11) is 0. The molecule has 1 fully saturated rings. The molecule has 1 amide bonds. The quantitative estimate of drug-likeness (QED) is 0.748. The van der Waals surface area contributed by atoms with E-state index >= 15 is 0 Å². The van der Waals surface area contributed by atoms with Crippen LogP contribution in [0, 0.1) is 5.92 Å². The second-order valence-corrected chi connectivity index (χ2v) is 4.80. The van der Waals surface area contributed by atoms with E-state index in [0.29, 0.717) is 12.8 Å². The fourth-order valence-electron chi connectivity index (χ4n) is 2.25. The molecule has 7 heteroatoms. The predicted molar refractivity (Wildman–Crippen MR) is 66.6 cm³/mol. The van der Waals surface area contributed by atoms with Crippen molar-refractivity contribution in [2.75, 3.05) is 5.43 Å². The summed E-state index contributed by atoms with van der Waals surface area (Å²) in [6, 6.07) is 4.53. The van der Waals surface area contributed by atoms with Gasteiger partial charge in [-0.2, -0.15) is 13.2 Å². The Kier molecular flexibility index (Phi) is 4.17. The number of anilines is 1. The summed E-state index contributed by atoms with van der Waals surface area (Å²) < 4.78 is 37.5. The monoisotopic (exact) mass is 288 g/mol. The zero-order chi connectivity index (χ0) is 14.8. The number of aliphatic hydroxyl groups is 1. The van der Waals surface area contributed by atoms with Crippen molar-refractivity contribution in [3.8, 4) is 0 Å². The summed E-state index contributed by atoms with van der Waals surface area (Å²) in [6.07, 6.45) is -3.19. The number of carbonyl (C=O) groups is 1. The minimum Gasteiger partial charge on any atom is -0.392 e. The van der Waals surface area contributed by atoms with E-state index < -0.39 is 29.7 Å². The summed E-state index contributed by atoms with van der Waals surface area (Å²) in [5, 5.41) is 9.57. The van der Waals surface area contributed by atoms with Gasteiger partial charge in [0.05, 0.1) is 23.3 Å². The van der Waals surface area contributed by atoms with Crippen LogP contribution < -0.4 is 10.9 Å². The molecule has 0 bridgehead atoms. The van der Waals surface area contributed by atoms with Gasteiger partial charge in [0.25, 0.3) is 0 Å². The van der Waals surface area contributed by atoms with Gasteiger partial charge in [-0.3, -0.25) is 15.6 Å². The third kappa shape index (κ3) is 3.41. The Morgan fingerprint density at radius 2 is 2.05 bits per heavy atom. The van der Waals surface area contributed by atoms with Gasteiger partial charge < -0.3 is 5.11 Å². The standard InChI is InChI=1S/C13H15F3N2O2/c14-13(15,16)8-3-1-4-9(7-8)17-18-12(20)10-5-2-6-11(10)19/h1,3-4,7,10-11,17,19H,2,5-6H2,(H,18,20). The first kappa shape index (κ1) is 14.6. The topological polar surface area (TPSA) is 61.4 Å². The molecular weight excluding hydrogens is 273 g/mol. The van der Waals surface area contributed by atoms with Crippen molar-refractivity contribution in [2.24, 2.45) is 5.92 Å². The lowest BCUT2D eigenvalue weighted by molar-refractivity contribution is -0.137. The normalized spacial score (nSPS) is 22.6. The molecule has 2 unspecified atom stereocenters. The van der Waals surface area contributed by atoms with Crippen molar-refractivity contribution < 1.29 is 23.1 Å². The zero-order valence-electron chi connectivity index (χ0n) is 10.6. The van der Waals surface area contributed by atoms with E-state index in [0.717, 1.165) is 18.6 Å². The number of alkyl halides is 3. The number of rotatable bonds is 3.